The minimum absolute atomic E-state index is 0.180. The summed E-state index contributed by atoms with van der Waals surface area (Å²) < 4.78 is 47.2. The van der Waals surface area contributed by atoms with Gasteiger partial charge in [-0.25, -0.2) is 4.79 Å². The highest BCUT2D eigenvalue weighted by atomic mass is 16.6. The molecule has 1 aromatic heterocycles. The summed E-state index contributed by atoms with van der Waals surface area (Å²) in [5.74, 6) is -3.35. The van der Waals surface area contributed by atoms with Gasteiger partial charge in [0.15, 0.2) is 6.10 Å². The molecule has 3 N–H and O–H groups in total. The lowest BCUT2D eigenvalue weighted by Gasteiger charge is -2.63. The van der Waals surface area contributed by atoms with Gasteiger partial charge in [-0.05, 0) is 74.2 Å². The zero-order valence-electron chi connectivity index (χ0n) is 37.8. The van der Waals surface area contributed by atoms with E-state index in [0.717, 1.165) is 23.6 Å². The lowest BCUT2D eigenvalue weighted by atomic mass is 9.47. The molecule has 2 aromatic carbocycles. The van der Waals surface area contributed by atoms with Crippen LogP contribution in [0.5, 0.6) is 5.75 Å². The fourth-order valence-corrected chi connectivity index (χ4v) is 13.3. The number of aliphatic hydroxyl groups is 2. The zero-order valence-corrected chi connectivity index (χ0v) is 34.8. The molecule has 0 radical (unpaired) electrons. The number of benzene rings is 2. The molecule has 1 unspecified atom stereocenters. The van der Waals surface area contributed by atoms with Crippen molar-refractivity contribution in [1.82, 2.24) is 14.8 Å². The number of para-hydroxylation sites is 1. The van der Waals surface area contributed by atoms with E-state index in [0.29, 0.717) is 87.3 Å². The molecule has 6 aliphatic rings. The molecule has 10 atom stereocenters. The molecule has 1 saturated carbocycles. The van der Waals surface area contributed by atoms with E-state index in [-0.39, 0.29) is 24.5 Å². The Balaban J connectivity index is 1.37. The molecule has 1 spiro atoms. The van der Waals surface area contributed by atoms with E-state index >= 15 is 4.79 Å². The molecule has 14 nitrogen and oxygen atoms in total. The van der Waals surface area contributed by atoms with Crippen LogP contribution in [0.3, 0.4) is 0 Å². The van der Waals surface area contributed by atoms with Gasteiger partial charge in [0.2, 0.25) is 12.0 Å². The topological polar surface area (TPSA) is 171 Å². The number of nitrogens with zero attached hydrogens (tertiary/aromatic N) is 3. The number of aromatic amines is 1. The van der Waals surface area contributed by atoms with E-state index in [9.17, 15) is 24.6 Å². The molecule has 14 heteroatoms. The second kappa shape index (κ2) is 14.1. The number of ether oxygens (including phenoxy) is 4. The maximum atomic E-state index is 15.4. The van der Waals surface area contributed by atoms with Gasteiger partial charge in [0.05, 0.1) is 38.7 Å². The predicted octanol–water partition coefficient (Wildman–Crippen LogP) is 3.52. The molecule has 5 aliphatic heterocycles. The van der Waals surface area contributed by atoms with Crippen LogP contribution >= 0.6 is 0 Å². The van der Waals surface area contributed by atoms with Crippen LogP contribution in [0.4, 0.5) is 5.69 Å². The molecule has 2 saturated heterocycles. The Bertz CT molecular complexity index is 2420. The molecule has 3 aromatic rings. The molecule has 1 aliphatic carbocycles. The summed E-state index contributed by atoms with van der Waals surface area (Å²) in [5, 5.41) is 26.3. The van der Waals surface area contributed by atoms with Gasteiger partial charge in [0, 0.05) is 82.2 Å². The monoisotopic (exact) mass is 827 g/mol. The standard InChI is InChI=1S/C46H56N4O10/c1-7-42(55)22-28-23-45(40(53)58-5,36-30(14-18-48(24-28)25-42)29-12-9-10-13-33(29)47-36)32-20-31-34(21-35(32)57-4)50(26-51)38-44(31)16-19-49-17-11-15-43(8-2,37(44)49)39(60-27(3)52)46(38,56)41(54)59-6/h9-13,15,20-21,26,28,37-39,47,55-56H,7-8,14,16-19,22-25H2,1-6H3/t28-,37+,38-,39-,42+,43-,44-,45+,46+/m1/s1/i3D3. The summed E-state index contributed by atoms with van der Waals surface area (Å²) in [6.07, 6.45) is 4.56. The third-order valence-corrected chi connectivity index (χ3v) is 15.4. The first-order valence-corrected chi connectivity index (χ1v) is 21.0. The first-order chi connectivity index (χ1) is 30.0. The van der Waals surface area contributed by atoms with Crippen LogP contribution in [0.1, 0.15) is 79.3 Å². The summed E-state index contributed by atoms with van der Waals surface area (Å²) in [6, 6.07) is 9.28. The van der Waals surface area contributed by atoms with E-state index in [1.54, 1.807) is 6.07 Å². The molecular formula is C46H56N4O10. The van der Waals surface area contributed by atoms with Gasteiger partial charge >= 0.3 is 17.9 Å². The Hall–Kier alpha value is -4.76. The molecule has 6 heterocycles. The zero-order chi connectivity index (χ0) is 45.1. The smallest absolute Gasteiger partial charge is 0.344 e. The number of anilines is 1. The minimum Gasteiger partial charge on any atom is -0.496 e. The van der Waals surface area contributed by atoms with Crippen LogP contribution in [-0.2, 0) is 50.6 Å². The summed E-state index contributed by atoms with van der Waals surface area (Å²) in [6.45, 7) is 3.17. The summed E-state index contributed by atoms with van der Waals surface area (Å²) in [7, 11) is 3.91. The van der Waals surface area contributed by atoms with Crippen LogP contribution < -0.4 is 9.64 Å². The number of hydrogen-bond acceptors (Lipinski definition) is 12. The van der Waals surface area contributed by atoms with Crippen molar-refractivity contribution in [3.8, 4) is 5.75 Å². The Kier molecular flexibility index (Phi) is 8.73. The van der Waals surface area contributed by atoms with Crippen LogP contribution in [0.15, 0.2) is 48.6 Å². The molecule has 2 bridgehead atoms. The number of esters is 3. The average molecular weight is 828 g/mol. The van der Waals surface area contributed by atoms with E-state index in [2.05, 4.69) is 14.8 Å². The van der Waals surface area contributed by atoms with E-state index < -0.39 is 70.4 Å². The Morgan fingerprint density at radius 2 is 1.78 bits per heavy atom. The first kappa shape index (κ1) is 37.0. The van der Waals surface area contributed by atoms with Gasteiger partial charge < -0.3 is 39.0 Å². The highest BCUT2D eigenvalue weighted by Gasteiger charge is 2.81. The van der Waals surface area contributed by atoms with Crippen molar-refractivity contribution in [2.24, 2.45) is 11.3 Å². The van der Waals surface area contributed by atoms with Crippen molar-refractivity contribution in [2.45, 2.75) is 99.4 Å². The van der Waals surface area contributed by atoms with E-state index in [1.165, 1.54) is 19.1 Å². The normalized spacial score (nSPS) is 37.4. The second-order valence-corrected chi connectivity index (χ2v) is 17.9. The van der Waals surface area contributed by atoms with Gasteiger partial charge in [-0.2, -0.15) is 0 Å². The van der Waals surface area contributed by atoms with Crippen LogP contribution in [0.25, 0.3) is 10.9 Å². The molecule has 60 heavy (non-hydrogen) atoms. The number of rotatable bonds is 8. The van der Waals surface area contributed by atoms with Crippen molar-refractivity contribution in [3.63, 3.8) is 0 Å². The number of nitrogens with one attached hydrogen (secondary N) is 1. The summed E-state index contributed by atoms with van der Waals surface area (Å²) in [4.78, 5) is 66.5. The average Bonchev–Trinajstić information content (AvgIpc) is 3.95. The van der Waals surface area contributed by atoms with Crippen LogP contribution in [0.2, 0.25) is 0 Å². The largest absolute Gasteiger partial charge is 0.496 e. The van der Waals surface area contributed by atoms with Crippen molar-refractivity contribution < 1.29 is 52.5 Å². The molecule has 1 amide bonds. The highest BCUT2D eigenvalue weighted by molar-refractivity contribution is 5.96. The number of H-pyrrole nitrogens is 1. The third kappa shape index (κ3) is 5.19. The van der Waals surface area contributed by atoms with Crippen molar-refractivity contribution in [3.05, 3.63) is 70.9 Å². The minimum atomic E-state index is -3.25. The lowest BCUT2D eigenvalue weighted by molar-refractivity contribution is -0.228. The van der Waals surface area contributed by atoms with Crippen molar-refractivity contribution in [1.29, 1.82) is 0 Å². The Morgan fingerprint density at radius 3 is 2.48 bits per heavy atom. The number of methoxy groups -OCH3 is 3. The predicted molar refractivity (Wildman–Crippen MR) is 221 cm³/mol. The van der Waals surface area contributed by atoms with Crippen LogP contribution in [-0.4, -0.2) is 133 Å². The fraction of sp³-hybridized carbons (Fsp3) is 0.565. The van der Waals surface area contributed by atoms with Crippen molar-refractivity contribution in [2.75, 3.05) is 59.0 Å². The van der Waals surface area contributed by atoms with Gasteiger partial charge in [-0.3, -0.25) is 24.2 Å². The van der Waals surface area contributed by atoms with Gasteiger partial charge in [0.25, 0.3) is 0 Å². The highest BCUT2D eigenvalue weighted by Crippen LogP contribution is 2.68. The molecule has 320 valence electrons. The summed E-state index contributed by atoms with van der Waals surface area (Å²) in [5.41, 5.74) is -4.43. The van der Waals surface area contributed by atoms with Gasteiger partial charge in [0.1, 0.15) is 11.2 Å². The fourth-order valence-electron chi connectivity index (χ4n) is 13.3. The van der Waals surface area contributed by atoms with Crippen LogP contribution in [0, 0.1) is 11.3 Å². The van der Waals surface area contributed by atoms with Gasteiger partial charge in [-0.15, -0.1) is 0 Å². The number of piperidine rings is 1. The lowest BCUT2D eigenvalue weighted by Crippen LogP contribution is -2.81. The van der Waals surface area contributed by atoms with E-state index in [4.69, 9.17) is 23.1 Å². The van der Waals surface area contributed by atoms with Crippen molar-refractivity contribution >= 4 is 40.9 Å². The van der Waals surface area contributed by atoms with Gasteiger partial charge in [-0.1, -0.05) is 44.2 Å². The number of carbonyl (C=O) groups is 4. The van der Waals surface area contributed by atoms with E-state index in [1.807, 2.05) is 56.3 Å². The SMILES string of the molecule is [2H]C([2H])([2H])C(=O)O[C@@H]1[C@]2(CC)C=CCN3CC[C@@]4(c5cc([C@@]6(C(=O)OC)C[C@@H]7CN(CCc8c6[nH]c6ccccc86)C[C@](O)(CC)C7)c(OC)cc5N(C=O)[C@H]4[C@@]1(O)C(=O)OC)[C@@H]32. The number of aromatic nitrogens is 1. The number of amides is 1. The maximum absolute atomic E-state index is 15.4. The first-order valence-electron chi connectivity index (χ1n) is 22.5. The number of hydrogen-bond donors (Lipinski definition) is 3. The Morgan fingerprint density at radius 1 is 1.00 bits per heavy atom. The molecular weight excluding hydrogens is 769 g/mol. The summed E-state index contributed by atoms with van der Waals surface area (Å²) >= 11 is 0. The number of carbonyl (C=O) groups excluding carboxylic acids is 4. The number of fused-ring (bicyclic) bond motifs is 6. The quantitative estimate of drug-likeness (QED) is 0.131. The Labute approximate surface area is 354 Å². The molecule has 3 fully saturated rings. The maximum Gasteiger partial charge on any atom is 0.344 e. The second-order valence-electron chi connectivity index (χ2n) is 17.9. The third-order valence-electron chi connectivity index (χ3n) is 15.4. The molecule has 9 rings (SSSR count).